The van der Waals surface area contributed by atoms with Crippen molar-refractivity contribution in [3.63, 3.8) is 0 Å². The summed E-state index contributed by atoms with van der Waals surface area (Å²) in [6, 6.07) is 4.41. The molecule has 0 unspecified atom stereocenters. The van der Waals surface area contributed by atoms with E-state index in [0.29, 0.717) is 12.5 Å². The van der Waals surface area contributed by atoms with Gasteiger partial charge in [0.05, 0.1) is 0 Å². The van der Waals surface area contributed by atoms with Crippen LogP contribution in [0.2, 0.25) is 0 Å². The fraction of sp³-hybridized carbons (Fsp3) is 0.583. The Morgan fingerprint density at radius 2 is 2.18 bits per heavy atom. The van der Waals surface area contributed by atoms with Crippen molar-refractivity contribution in [2.75, 3.05) is 13.1 Å². The van der Waals surface area contributed by atoms with Crippen LogP contribution >= 0.6 is 23.7 Å². The molecule has 2 N–H and O–H groups in total. The number of hydrogen-bond donors (Lipinski definition) is 1. The first-order chi connectivity index (χ1) is 7.75. The topological polar surface area (TPSA) is 46.3 Å². The van der Waals surface area contributed by atoms with Crippen LogP contribution in [0.1, 0.15) is 24.1 Å². The van der Waals surface area contributed by atoms with Gasteiger partial charge in [-0.15, -0.1) is 23.7 Å². The van der Waals surface area contributed by atoms with Crippen LogP contribution in [0.25, 0.3) is 0 Å². The number of piperidine rings is 1. The molecular formula is C12H19ClN2OS. The van der Waals surface area contributed by atoms with E-state index in [-0.39, 0.29) is 18.3 Å². The quantitative estimate of drug-likeness (QED) is 0.917. The third-order valence-corrected chi connectivity index (χ3v) is 3.99. The molecule has 0 bridgehead atoms. The van der Waals surface area contributed by atoms with Gasteiger partial charge < -0.3 is 10.6 Å². The van der Waals surface area contributed by atoms with Gasteiger partial charge in [-0.3, -0.25) is 4.79 Å². The second kappa shape index (κ2) is 6.99. The highest BCUT2D eigenvalue weighted by molar-refractivity contribution is 7.09. The monoisotopic (exact) mass is 274 g/mol. The number of halogens is 1. The van der Waals surface area contributed by atoms with Gasteiger partial charge in [-0.05, 0) is 30.7 Å². The van der Waals surface area contributed by atoms with Gasteiger partial charge in [0.1, 0.15) is 0 Å². The highest BCUT2D eigenvalue weighted by Gasteiger charge is 2.19. The molecular weight excluding hydrogens is 256 g/mol. The maximum absolute atomic E-state index is 11.9. The molecule has 0 atom stereocenters. The molecule has 0 radical (unpaired) electrons. The zero-order valence-corrected chi connectivity index (χ0v) is 11.4. The summed E-state index contributed by atoms with van der Waals surface area (Å²) in [7, 11) is 0. The molecule has 1 amide bonds. The van der Waals surface area contributed by atoms with Gasteiger partial charge in [0.25, 0.3) is 0 Å². The van der Waals surface area contributed by atoms with E-state index in [2.05, 4.69) is 11.4 Å². The number of thiophene rings is 1. The summed E-state index contributed by atoms with van der Waals surface area (Å²) in [5, 5.41) is 2.06. The van der Waals surface area contributed by atoms with E-state index >= 15 is 0 Å². The predicted molar refractivity (Wildman–Crippen MR) is 73.7 cm³/mol. The van der Waals surface area contributed by atoms with Gasteiger partial charge in [-0.1, -0.05) is 6.07 Å². The summed E-state index contributed by atoms with van der Waals surface area (Å²) in [4.78, 5) is 15.1. The number of nitrogens with zero attached hydrogens (tertiary/aromatic N) is 1. The highest BCUT2D eigenvalue weighted by atomic mass is 35.5. The van der Waals surface area contributed by atoms with Crippen LogP contribution in [0.4, 0.5) is 0 Å². The fourth-order valence-electron chi connectivity index (χ4n) is 1.99. The van der Waals surface area contributed by atoms with Crippen LogP contribution in [0.5, 0.6) is 0 Å². The van der Waals surface area contributed by atoms with Gasteiger partial charge in [0.15, 0.2) is 0 Å². The molecule has 0 aromatic carbocycles. The number of likely N-dealkylation sites (tertiary alicyclic amines) is 1. The SMILES string of the molecule is Cl.NC1CCN(C(=O)CCc2cccs2)CC1. The van der Waals surface area contributed by atoms with E-state index in [1.807, 2.05) is 11.0 Å². The average molecular weight is 275 g/mol. The maximum atomic E-state index is 11.9. The number of aryl methyl sites for hydroxylation is 1. The van der Waals surface area contributed by atoms with Crippen molar-refractivity contribution >= 4 is 29.7 Å². The van der Waals surface area contributed by atoms with Crippen LogP contribution in [-0.4, -0.2) is 29.9 Å². The van der Waals surface area contributed by atoms with Crippen molar-refractivity contribution in [1.82, 2.24) is 4.90 Å². The van der Waals surface area contributed by atoms with Crippen LogP contribution in [-0.2, 0) is 11.2 Å². The second-order valence-corrected chi connectivity index (χ2v) is 5.33. The number of carbonyl (C=O) groups excluding carboxylic acids is 1. The molecule has 1 aromatic heterocycles. The fourth-order valence-corrected chi connectivity index (χ4v) is 2.70. The molecule has 0 spiro atoms. The van der Waals surface area contributed by atoms with E-state index in [9.17, 15) is 4.79 Å². The molecule has 1 saturated heterocycles. The number of rotatable bonds is 3. The van der Waals surface area contributed by atoms with E-state index in [1.54, 1.807) is 11.3 Å². The van der Waals surface area contributed by atoms with Gasteiger partial charge in [-0.2, -0.15) is 0 Å². The van der Waals surface area contributed by atoms with Gasteiger partial charge in [-0.25, -0.2) is 0 Å². The summed E-state index contributed by atoms with van der Waals surface area (Å²) in [5.41, 5.74) is 5.81. The Labute approximate surface area is 112 Å². The molecule has 17 heavy (non-hydrogen) atoms. The van der Waals surface area contributed by atoms with Crippen molar-refractivity contribution in [1.29, 1.82) is 0 Å². The summed E-state index contributed by atoms with van der Waals surface area (Å²) < 4.78 is 0. The largest absolute Gasteiger partial charge is 0.343 e. The maximum Gasteiger partial charge on any atom is 0.222 e. The molecule has 1 aromatic rings. The number of carbonyl (C=O) groups is 1. The second-order valence-electron chi connectivity index (χ2n) is 4.30. The smallest absolute Gasteiger partial charge is 0.222 e. The molecule has 3 nitrogen and oxygen atoms in total. The molecule has 2 rings (SSSR count). The molecule has 1 aliphatic rings. The molecule has 96 valence electrons. The van der Waals surface area contributed by atoms with Crippen molar-refractivity contribution < 1.29 is 4.79 Å². The Bertz CT molecular complexity index is 334. The van der Waals surface area contributed by atoms with E-state index in [1.165, 1.54) is 4.88 Å². The van der Waals surface area contributed by atoms with Gasteiger partial charge >= 0.3 is 0 Å². The minimum Gasteiger partial charge on any atom is -0.343 e. The summed E-state index contributed by atoms with van der Waals surface area (Å²) >= 11 is 1.72. The van der Waals surface area contributed by atoms with Crippen molar-refractivity contribution in [2.24, 2.45) is 5.73 Å². The number of amides is 1. The highest BCUT2D eigenvalue weighted by Crippen LogP contribution is 2.14. The lowest BCUT2D eigenvalue weighted by Crippen LogP contribution is -2.42. The van der Waals surface area contributed by atoms with Crippen LogP contribution in [0.3, 0.4) is 0 Å². The minimum absolute atomic E-state index is 0. The van der Waals surface area contributed by atoms with Gasteiger partial charge in [0.2, 0.25) is 5.91 Å². The lowest BCUT2D eigenvalue weighted by Gasteiger charge is -2.30. The van der Waals surface area contributed by atoms with Crippen molar-refractivity contribution in [3.8, 4) is 0 Å². The van der Waals surface area contributed by atoms with Crippen molar-refractivity contribution in [2.45, 2.75) is 31.7 Å². The first-order valence-corrected chi connectivity index (χ1v) is 6.69. The number of hydrogen-bond acceptors (Lipinski definition) is 3. The van der Waals surface area contributed by atoms with Gasteiger partial charge in [0, 0.05) is 30.4 Å². The Kier molecular flexibility index (Phi) is 5.95. The third kappa shape index (κ3) is 4.30. The Hall–Kier alpha value is -0.580. The predicted octanol–water partition coefficient (Wildman–Crippen LogP) is 2.05. The van der Waals surface area contributed by atoms with E-state index in [4.69, 9.17) is 5.73 Å². The van der Waals surface area contributed by atoms with Crippen LogP contribution < -0.4 is 5.73 Å². The average Bonchev–Trinajstić information content (AvgIpc) is 2.80. The summed E-state index contributed by atoms with van der Waals surface area (Å²) in [6.07, 6.45) is 3.41. The standard InChI is InChI=1S/C12H18N2OS.ClH/c13-10-5-7-14(8-6-10)12(15)4-3-11-2-1-9-16-11;/h1-2,9-10H,3-8,13H2;1H. The Morgan fingerprint density at radius 3 is 2.76 bits per heavy atom. The Morgan fingerprint density at radius 1 is 1.47 bits per heavy atom. The Balaban J connectivity index is 0.00000144. The summed E-state index contributed by atoms with van der Waals surface area (Å²) in [6.45, 7) is 1.68. The van der Waals surface area contributed by atoms with Crippen LogP contribution in [0, 0.1) is 0 Å². The molecule has 0 saturated carbocycles. The molecule has 0 aliphatic carbocycles. The zero-order valence-electron chi connectivity index (χ0n) is 9.80. The molecule has 1 fully saturated rings. The molecule has 5 heteroatoms. The minimum atomic E-state index is 0. The normalized spacial score (nSPS) is 16.6. The number of nitrogens with two attached hydrogens (primary N) is 1. The lowest BCUT2D eigenvalue weighted by atomic mass is 10.1. The van der Waals surface area contributed by atoms with E-state index in [0.717, 1.165) is 32.4 Å². The van der Waals surface area contributed by atoms with Crippen LogP contribution in [0.15, 0.2) is 17.5 Å². The lowest BCUT2D eigenvalue weighted by molar-refractivity contribution is -0.132. The summed E-state index contributed by atoms with van der Waals surface area (Å²) in [5.74, 6) is 0.278. The van der Waals surface area contributed by atoms with E-state index < -0.39 is 0 Å². The third-order valence-electron chi connectivity index (χ3n) is 3.06. The van der Waals surface area contributed by atoms with Crippen molar-refractivity contribution in [3.05, 3.63) is 22.4 Å². The molecule has 2 heterocycles. The first kappa shape index (κ1) is 14.5. The molecule has 1 aliphatic heterocycles. The zero-order chi connectivity index (χ0) is 11.4. The first-order valence-electron chi connectivity index (χ1n) is 5.81.